The molecule has 0 aliphatic rings. The highest BCUT2D eigenvalue weighted by Gasteiger charge is 2.29. The van der Waals surface area contributed by atoms with E-state index in [-0.39, 0.29) is 5.15 Å². The van der Waals surface area contributed by atoms with Crippen molar-refractivity contribution >= 4 is 11.6 Å². The second-order valence-corrected chi connectivity index (χ2v) is 3.70. The van der Waals surface area contributed by atoms with E-state index in [1.807, 2.05) is 0 Å². The number of benzene rings is 1. The summed E-state index contributed by atoms with van der Waals surface area (Å²) in [5.74, 6) is 0. The fourth-order valence-corrected chi connectivity index (χ4v) is 1.40. The summed E-state index contributed by atoms with van der Waals surface area (Å²) in [5.41, 5.74) is 0.341. The van der Waals surface area contributed by atoms with E-state index in [1.165, 1.54) is 18.2 Å². The van der Waals surface area contributed by atoms with Crippen LogP contribution in [0, 0.1) is 0 Å². The van der Waals surface area contributed by atoms with Crippen LogP contribution in [0.25, 0.3) is 11.3 Å². The van der Waals surface area contributed by atoms with Gasteiger partial charge in [0.25, 0.3) is 0 Å². The van der Waals surface area contributed by atoms with E-state index in [0.717, 1.165) is 12.1 Å². The summed E-state index contributed by atoms with van der Waals surface area (Å²) in [5, 5.41) is 7.63. The molecule has 0 aliphatic heterocycles. The number of hydrogen-bond donors (Lipinski definition) is 0. The molecule has 88 valence electrons. The molecule has 0 radical (unpaired) electrons. The lowest BCUT2D eigenvalue weighted by Crippen LogP contribution is -2.04. The molecule has 0 unspecified atom stereocenters. The Hall–Kier alpha value is -1.62. The topological polar surface area (TPSA) is 25.8 Å². The van der Waals surface area contributed by atoms with Gasteiger partial charge in [0.05, 0.1) is 11.3 Å². The summed E-state index contributed by atoms with van der Waals surface area (Å²) in [6, 6.07) is 7.83. The lowest BCUT2D eigenvalue weighted by molar-refractivity contribution is -0.137. The summed E-state index contributed by atoms with van der Waals surface area (Å²) in [4.78, 5) is 0. The van der Waals surface area contributed by atoms with Gasteiger partial charge in [0.15, 0.2) is 5.15 Å². The lowest BCUT2D eigenvalue weighted by Gasteiger charge is -2.06. The maximum Gasteiger partial charge on any atom is 0.416 e. The predicted molar refractivity (Wildman–Crippen MR) is 57.5 cm³/mol. The van der Waals surface area contributed by atoms with E-state index in [2.05, 4.69) is 10.2 Å². The van der Waals surface area contributed by atoms with Gasteiger partial charge >= 0.3 is 6.18 Å². The molecule has 1 heterocycles. The molecule has 2 aromatic rings. The minimum absolute atomic E-state index is 0.237. The number of alkyl halides is 3. The van der Waals surface area contributed by atoms with Crippen molar-refractivity contribution in [3.8, 4) is 11.3 Å². The van der Waals surface area contributed by atoms with Crippen LogP contribution < -0.4 is 0 Å². The van der Waals surface area contributed by atoms with Crippen LogP contribution in [0.2, 0.25) is 5.15 Å². The first kappa shape index (κ1) is 11.9. The van der Waals surface area contributed by atoms with Crippen LogP contribution in [0.3, 0.4) is 0 Å². The minimum Gasteiger partial charge on any atom is -0.166 e. The average molecular weight is 259 g/mol. The third-order valence-corrected chi connectivity index (χ3v) is 2.34. The van der Waals surface area contributed by atoms with Crippen molar-refractivity contribution in [1.82, 2.24) is 10.2 Å². The van der Waals surface area contributed by atoms with E-state index in [1.54, 1.807) is 6.07 Å². The number of nitrogens with zero attached hydrogens (tertiary/aromatic N) is 2. The Balaban J connectivity index is 2.33. The third-order valence-electron chi connectivity index (χ3n) is 2.14. The Morgan fingerprint density at radius 3 is 2.00 bits per heavy atom. The van der Waals surface area contributed by atoms with E-state index in [0.29, 0.717) is 11.3 Å². The van der Waals surface area contributed by atoms with E-state index in [9.17, 15) is 13.2 Å². The highest BCUT2D eigenvalue weighted by molar-refractivity contribution is 6.29. The summed E-state index contributed by atoms with van der Waals surface area (Å²) in [6.45, 7) is 0. The fraction of sp³-hybridized carbons (Fsp3) is 0.0909. The Bertz CT molecular complexity index is 506. The molecule has 0 aliphatic carbocycles. The lowest BCUT2D eigenvalue weighted by atomic mass is 10.1. The van der Waals surface area contributed by atoms with Crippen LogP contribution >= 0.6 is 11.6 Å². The van der Waals surface area contributed by atoms with Gasteiger partial charge in [-0.05, 0) is 24.3 Å². The van der Waals surface area contributed by atoms with Crippen LogP contribution in [0.5, 0.6) is 0 Å². The van der Waals surface area contributed by atoms with E-state index >= 15 is 0 Å². The zero-order chi connectivity index (χ0) is 12.5. The highest BCUT2D eigenvalue weighted by atomic mass is 35.5. The van der Waals surface area contributed by atoms with Gasteiger partial charge in [-0.1, -0.05) is 23.7 Å². The summed E-state index contributed by atoms with van der Waals surface area (Å²) >= 11 is 5.56. The van der Waals surface area contributed by atoms with Gasteiger partial charge in [-0.3, -0.25) is 0 Å². The van der Waals surface area contributed by atoms with Crippen molar-refractivity contribution in [2.45, 2.75) is 6.18 Å². The van der Waals surface area contributed by atoms with Gasteiger partial charge < -0.3 is 0 Å². The van der Waals surface area contributed by atoms with Gasteiger partial charge in [0, 0.05) is 5.56 Å². The molecule has 0 bridgehead atoms. The van der Waals surface area contributed by atoms with Gasteiger partial charge in [0.1, 0.15) is 0 Å². The van der Waals surface area contributed by atoms with Crippen molar-refractivity contribution in [2.75, 3.05) is 0 Å². The number of halogens is 4. The Morgan fingerprint density at radius 1 is 0.882 bits per heavy atom. The largest absolute Gasteiger partial charge is 0.416 e. The Morgan fingerprint density at radius 2 is 1.53 bits per heavy atom. The second-order valence-electron chi connectivity index (χ2n) is 3.32. The van der Waals surface area contributed by atoms with Crippen molar-refractivity contribution in [2.24, 2.45) is 0 Å². The quantitative estimate of drug-likeness (QED) is 0.777. The third kappa shape index (κ3) is 2.74. The summed E-state index contributed by atoms with van der Waals surface area (Å²) in [7, 11) is 0. The molecular weight excluding hydrogens is 253 g/mol. The Kier molecular flexibility index (Phi) is 3.02. The summed E-state index contributed by atoms with van der Waals surface area (Å²) < 4.78 is 37.0. The standard InChI is InChI=1S/C11H6ClF3N2/c12-10-6-5-9(16-17-10)7-1-3-8(4-2-7)11(13,14)15/h1-6H. The molecule has 2 rings (SSSR count). The van der Waals surface area contributed by atoms with Crippen molar-refractivity contribution < 1.29 is 13.2 Å². The fourth-order valence-electron chi connectivity index (χ4n) is 1.30. The summed E-state index contributed by atoms with van der Waals surface area (Å²) in [6.07, 6.45) is -4.33. The number of rotatable bonds is 1. The van der Waals surface area contributed by atoms with Crippen LogP contribution in [0.4, 0.5) is 13.2 Å². The maximum atomic E-state index is 12.3. The van der Waals surface area contributed by atoms with Crippen LogP contribution in [0.15, 0.2) is 36.4 Å². The smallest absolute Gasteiger partial charge is 0.166 e. The van der Waals surface area contributed by atoms with Gasteiger partial charge in [-0.25, -0.2) is 0 Å². The first-order valence-electron chi connectivity index (χ1n) is 4.64. The van der Waals surface area contributed by atoms with Gasteiger partial charge in [-0.15, -0.1) is 10.2 Å². The molecule has 2 nitrogen and oxygen atoms in total. The second kappa shape index (κ2) is 4.33. The molecular formula is C11H6ClF3N2. The molecule has 0 N–H and O–H groups in total. The van der Waals surface area contributed by atoms with Crippen LogP contribution in [-0.2, 0) is 6.18 Å². The molecule has 0 fully saturated rings. The number of aromatic nitrogens is 2. The molecule has 0 amide bonds. The molecule has 0 saturated carbocycles. The Labute approximate surface area is 100 Å². The normalized spacial score (nSPS) is 11.5. The zero-order valence-electron chi connectivity index (χ0n) is 8.37. The molecule has 0 spiro atoms. The molecule has 1 aromatic heterocycles. The number of hydrogen-bond acceptors (Lipinski definition) is 2. The highest BCUT2D eigenvalue weighted by Crippen LogP contribution is 2.30. The first-order chi connectivity index (χ1) is 7.97. The zero-order valence-corrected chi connectivity index (χ0v) is 9.13. The predicted octanol–water partition coefficient (Wildman–Crippen LogP) is 3.82. The van der Waals surface area contributed by atoms with Crippen molar-refractivity contribution in [3.63, 3.8) is 0 Å². The van der Waals surface area contributed by atoms with Crippen molar-refractivity contribution in [3.05, 3.63) is 47.1 Å². The minimum atomic E-state index is -4.33. The SMILES string of the molecule is FC(F)(F)c1ccc(-c2ccc(Cl)nn2)cc1. The van der Waals surface area contributed by atoms with Crippen LogP contribution in [0.1, 0.15) is 5.56 Å². The van der Waals surface area contributed by atoms with Crippen LogP contribution in [-0.4, -0.2) is 10.2 Å². The molecule has 6 heteroatoms. The van der Waals surface area contributed by atoms with Gasteiger partial charge in [0.2, 0.25) is 0 Å². The average Bonchev–Trinajstić information content (AvgIpc) is 2.29. The molecule has 1 aromatic carbocycles. The molecule has 0 saturated heterocycles. The van der Waals surface area contributed by atoms with Gasteiger partial charge in [-0.2, -0.15) is 13.2 Å². The van der Waals surface area contributed by atoms with E-state index in [4.69, 9.17) is 11.6 Å². The molecule has 17 heavy (non-hydrogen) atoms. The first-order valence-corrected chi connectivity index (χ1v) is 5.01. The van der Waals surface area contributed by atoms with Crippen molar-refractivity contribution in [1.29, 1.82) is 0 Å². The monoisotopic (exact) mass is 258 g/mol. The van der Waals surface area contributed by atoms with E-state index < -0.39 is 11.7 Å². The maximum absolute atomic E-state index is 12.3. The molecule has 0 atom stereocenters.